The molecule has 31 heavy (non-hydrogen) atoms. The minimum Gasteiger partial charge on any atom is -0.415 e. The predicted molar refractivity (Wildman–Crippen MR) is 120 cm³/mol. The molecule has 0 spiro atoms. The Balaban J connectivity index is 1.69. The Kier molecular flexibility index (Phi) is 6.31. The van der Waals surface area contributed by atoms with Gasteiger partial charge in [0, 0.05) is 22.8 Å². The molecule has 6 nitrogen and oxygen atoms in total. The summed E-state index contributed by atoms with van der Waals surface area (Å²) >= 11 is 1.36. The van der Waals surface area contributed by atoms with Crippen molar-refractivity contribution in [1.29, 1.82) is 5.26 Å². The van der Waals surface area contributed by atoms with Crippen LogP contribution in [0.2, 0.25) is 0 Å². The Morgan fingerprint density at radius 2 is 2.03 bits per heavy atom. The summed E-state index contributed by atoms with van der Waals surface area (Å²) in [5.41, 5.74) is 4.32. The molecule has 1 N–H and O–H groups in total. The first-order valence-electron chi connectivity index (χ1n) is 10.1. The lowest BCUT2D eigenvalue weighted by molar-refractivity contribution is 0.259. The molecule has 0 saturated carbocycles. The number of aryl methyl sites for hydroxylation is 1. The van der Waals surface area contributed by atoms with E-state index in [4.69, 9.17) is 4.42 Å². The van der Waals surface area contributed by atoms with Crippen LogP contribution in [0.15, 0.2) is 63.1 Å². The number of fused-ring (bicyclic) bond motifs is 1. The van der Waals surface area contributed by atoms with E-state index in [1.807, 2.05) is 43.3 Å². The van der Waals surface area contributed by atoms with Gasteiger partial charge < -0.3 is 9.52 Å². The monoisotopic (exact) mass is 430 g/mol. The minimum atomic E-state index is 0.0557. The van der Waals surface area contributed by atoms with Gasteiger partial charge in [-0.05, 0) is 60.9 Å². The van der Waals surface area contributed by atoms with Crippen LogP contribution in [0.4, 0.5) is 0 Å². The van der Waals surface area contributed by atoms with Gasteiger partial charge in [0.2, 0.25) is 5.89 Å². The maximum absolute atomic E-state index is 9.48. The normalized spacial score (nSPS) is 12.1. The van der Waals surface area contributed by atoms with Crippen LogP contribution in [0, 0.1) is 18.3 Å². The highest BCUT2D eigenvalue weighted by Gasteiger charge is 2.17. The Bertz CT molecular complexity index is 1260. The van der Waals surface area contributed by atoms with Crippen LogP contribution in [-0.2, 0) is 0 Å². The summed E-state index contributed by atoms with van der Waals surface area (Å²) in [6.07, 6.45) is 1.42. The third-order valence-electron chi connectivity index (χ3n) is 5.17. The van der Waals surface area contributed by atoms with Crippen LogP contribution in [0.1, 0.15) is 42.8 Å². The summed E-state index contributed by atoms with van der Waals surface area (Å²) in [6, 6.07) is 18.2. The quantitative estimate of drug-likeness (QED) is 0.414. The van der Waals surface area contributed by atoms with Crippen molar-refractivity contribution >= 4 is 22.7 Å². The van der Waals surface area contributed by atoms with E-state index in [1.54, 1.807) is 0 Å². The van der Waals surface area contributed by atoms with Gasteiger partial charge in [0.1, 0.15) is 11.8 Å². The van der Waals surface area contributed by atoms with Crippen LogP contribution >= 0.6 is 11.8 Å². The van der Waals surface area contributed by atoms with E-state index in [2.05, 4.69) is 40.3 Å². The zero-order valence-corrected chi connectivity index (χ0v) is 18.2. The van der Waals surface area contributed by atoms with Crippen LogP contribution < -0.4 is 0 Å². The lowest BCUT2D eigenvalue weighted by Gasteiger charge is -2.09. The molecule has 2 aromatic carbocycles. The molecular weight excluding hydrogens is 408 g/mol. The molecule has 0 aliphatic carbocycles. The lowest BCUT2D eigenvalue weighted by Crippen LogP contribution is -2.00. The highest BCUT2D eigenvalue weighted by Crippen LogP contribution is 2.34. The average molecular weight is 431 g/mol. The van der Waals surface area contributed by atoms with Gasteiger partial charge in [-0.25, -0.2) is 4.98 Å². The van der Waals surface area contributed by atoms with Gasteiger partial charge in [-0.1, -0.05) is 42.8 Å². The molecule has 0 aliphatic rings. The van der Waals surface area contributed by atoms with Gasteiger partial charge in [-0.15, -0.1) is 10.2 Å². The third-order valence-corrected chi connectivity index (χ3v) is 6.00. The number of hydrogen-bond donors (Lipinski definition) is 1. The van der Waals surface area contributed by atoms with Gasteiger partial charge in [0.25, 0.3) is 5.22 Å². The summed E-state index contributed by atoms with van der Waals surface area (Å²) in [6.45, 7) is 4.17. The van der Waals surface area contributed by atoms with Crippen molar-refractivity contribution in [3.63, 3.8) is 0 Å². The van der Waals surface area contributed by atoms with Crippen molar-refractivity contribution in [1.82, 2.24) is 15.2 Å². The molecule has 1 unspecified atom stereocenters. The van der Waals surface area contributed by atoms with Crippen molar-refractivity contribution in [2.75, 3.05) is 6.61 Å². The van der Waals surface area contributed by atoms with Crippen LogP contribution in [0.3, 0.4) is 0 Å². The van der Waals surface area contributed by atoms with Gasteiger partial charge >= 0.3 is 0 Å². The maximum Gasteiger partial charge on any atom is 0.281 e. The largest absolute Gasteiger partial charge is 0.415 e. The summed E-state index contributed by atoms with van der Waals surface area (Å²) < 4.78 is 5.81. The fraction of sp³-hybridized carbons (Fsp3) is 0.250. The van der Waals surface area contributed by atoms with Crippen LogP contribution in [0.25, 0.3) is 22.0 Å². The first kappa shape index (κ1) is 21.0. The average Bonchev–Trinajstić information content (AvgIpc) is 3.24. The van der Waals surface area contributed by atoms with E-state index in [0.717, 1.165) is 38.9 Å². The zero-order chi connectivity index (χ0) is 21.8. The summed E-state index contributed by atoms with van der Waals surface area (Å²) in [5.74, 6) is 0.603. The first-order valence-corrected chi connectivity index (χ1v) is 11.0. The van der Waals surface area contributed by atoms with Gasteiger partial charge in [-0.2, -0.15) is 5.26 Å². The van der Waals surface area contributed by atoms with Gasteiger partial charge in [0.05, 0.1) is 5.52 Å². The van der Waals surface area contributed by atoms with E-state index < -0.39 is 0 Å². The summed E-state index contributed by atoms with van der Waals surface area (Å²) in [4.78, 5) is 5.41. The van der Waals surface area contributed by atoms with Crippen molar-refractivity contribution in [2.45, 2.75) is 42.7 Å². The van der Waals surface area contributed by atoms with E-state index in [9.17, 15) is 10.4 Å². The molecule has 156 valence electrons. The molecular formula is C24H22N4O2S. The molecule has 4 rings (SSSR count). The van der Waals surface area contributed by atoms with E-state index in [1.165, 1.54) is 11.8 Å². The number of aliphatic hydroxyl groups excluding tert-OH is 1. The van der Waals surface area contributed by atoms with Crippen molar-refractivity contribution in [2.24, 2.45) is 0 Å². The van der Waals surface area contributed by atoms with Crippen LogP contribution in [-0.4, -0.2) is 26.9 Å². The summed E-state index contributed by atoms with van der Waals surface area (Å²) in [7, 11) is 0. The highest BCUT2D eigenvalue weighted by atomic mass is 32.2. The first-order chi connectivity index (χ1) is 15.1. The maximum atomic E-state index is 9.48. The number of benzene rings is 2. The molecule has 7 heteroatoms. The Labute approximate surface area is 185 Å². The molecule has 0 bridgehead atoms. The number of rotatable bonds is 7. The van der Waals surface area contributed by atoms with Crippen molar-refractivity contribution in [3.8, 4) is 17.2 Å². The predicted octanol–water partition coefficient (Wildman–Crippen LogP) is 5.49. The highest BCUT2D eigenvalue weighted by molar-refractivity contribution is 7.99. The standard InChI is InChI=1S/C24H22N4O2S/c1-3-16(9-10-29)23-27-28-24(30-23)31-19-7-8-20-21(17-6-4-5-15(2)11-17)12-18(14-25)26-22(20)13-19/h4-8,11-13,16,29H,3,9-10H2,1-2H3. The second kappa shape index (κ2) is 9.29. The number of nitrogens with zero attached hydrogens (tertiary/aromatic N) is 4. The number of hydrogen-bond acceptors (Lipinski definition) is 7. The van der Waals surface area contributed by atoms with Gasteiger partial charge in [0.15, 0.2) is 0 Å². The molecule has 1 atom stereocenters. The second-order valence-corrected chi connectivity index (χ2v) is 8.37. The minimum absolute atomic E-state index is 0.0557. The molecule has 0 radical (unpaired) electrons. The SMILES string of the molecule is CCC(CCO)c1nnc(Sc2ccc3c(-c4cccc(C)c4)cc(C#N)nc3c2)o1. The topological polar surface area (TPSA) is 95.8 Å². The molecule has 0 amide bonds. The lowest BCUT2D eigenvalue weighted by atomic mass is 9.99. The number of nitriles is 1. The molecule has 0 aliphatic heterocycles. The fourth-order valence-corrected chi connectivity index (χ4v) is 4.28. The molecule has 0 fully saturated rings. The van der Waals surface area contributed by atoms with Crippen LogP contribution in [0.5, 0.6) is 0 Å². The number of aliphatic hydroxyl groups is 1. The summed E-state index contributed by atoms with van der Waals surface area (Å²) in [5, 5.41) is 28.4. The Hall–Kier alpha value is -3.21. The van der Waals surface area contributed by atoms with Gasteiger partial charge in [-0.3, -0.25) is 0 Å². The van der Waals surface area contributed by atoms with E-state index in [0.29, 0.717) is 23.2 Å². The molecule has 2 heterocycles. The second-order valence-electron chi connectivity index (χ2n) is 7.34. The smallest absolute Gasteiger partial charge is 0.281 e. The zero-order valence-electron chi connectivity index (χ0n) is 17.4. The fourth-order valence-electron chi connectivity index (χ4n) is 3.57. The Morgan fingerprint density at radius 3 is 2.77 bits per heavy atom. The number of pyridine rings is 1. The number of aromatic nitrogens is 3. The van der Waals surface area contributed by atoms with E-state index in [-0.39, 0.29) is 12.5 Å². The molecule has 2 aromatic heterocycles. The third kappa shape index (κ3) is 4.61. The molecule has 4 aromatic rings. The molecule has 0 saturated heterocycles. The van der Waals surface area contributed by atoms with Crippen molar-refractivity contribution < 1.29 is 9.52 Å². The van der Waals surface area contributed by atoms with Crippen molar-refractivity contribution in [3.05, 3.63) is 65.7 Å². The van der Waals surface area contributed by atoms with E-state index >= 15 is 0 Å². The Morgan fingerprint density at radius 1 is 1.16 bits per heavy atom.